The molecule has 0 aliphatic carbocycles. The van der Waals surface area contributed by atoms with E-state index in [2.05, 4.69) is 0 Å². The fraction of sp³-hybridized carbons (Fsp3) is 0.294. The number of carboxylic acids is 1. The molecule has 1 saturated heterocycles. The van der Waals surface area contributed by atoms with Crippen LogP contribution in [0, 0.1) is 5.82 Å². The summed E-state index contributed by atoms with van der Waals surface area (Å²) in [7, 11) is 0. The third-order valence-corrected chi connectivity index (χ3v) is 3.99. The average Bonchev–Trinajstić information content (AvgIpc) is 3.16. The highest BCUT2D eigenvalue weighted by Gasteiger charge is 2.32. The van der Waals surface area contributed by atoms with Crippen molar-refractivity contribution in [3.05, 3.63) is 48.0 Å². The molecule has 1 aliphatic heterocycles. The molecule has 1 atom stereocenters. The maximum absolute atomic E-state index is 12.9. The van der Waals surface area contributed by atoms with Crippen LogP contribution in [0.1, 0.15) is 29.8 Å². The van der Waals surface area contributed by atoms with Crippen molar-refractivity contribution in [3.8, 4) is 11.3 Å². The zero-order valence-corrected chi connectivity index (χ0v) is 12.4. The summed E-state index contributed by atoms with van der Waals surface area (Å²) in [6.45, 7) is 0.531. The van der Waals surface area contributed by atoms with E-state index in [1.807, 2.05) is 0 Å². The zero-order chi connectivity index (χ0) is 16.4. The number of furan rings is 1. The number of carbonyl (C=O) groups excluding carboxylic acids is 1. The van der Waals surface area contributed by atoms with Crippen LogP contribution in [0.3, 0.4) is 0 Å². The summed E-state index contributed by atoms with van der Waals surface area (Å²) in [4.78, 5) is 25.0. The molecule has 0 bridgehead atoms. The first-order valence-electron chi connectivity index (χ1n) is 7.43. The van der Waals surface area contributed by atoms with Gasteiger partial charge in [0.25, 0.3) is 5.91 Å². The van der Waals surface area contributed by atoms with Crippen molar-refractivity contribution < 1.29 is 23.5 Å². The summed E-state index contributed by atoms with van der Waals surface area (Å²) < 4.78 is 18.5. The molecule has 120 valence electrons. The molecule has 1 aromatic heterocycles. The molecule has 1 fully saturated rings. The lowest BCUT2D eigenvalue weighted by molar-refractivity contribution is -0.137. The van der Waals surface area contributed by atoms with E-state index in [9.17, 15) is 14.0 Å². The Hall–Kier alpha value is -2.63. The highest BCUT2D eigenvalue weighted by molar-refractivity contribution is 5.92. The average molecular weight is 317 g/mol. The van der Waals surface area contributed by atoms with Crippen molar-refractivity contribution >= 4 is 11.9 Å². The minimum atomic E-state index is -0.916. The standard InChI is InChI=1S/C17H16FNO4/c18-12-5-3-11(4-6-12)14-7-8-15(23-14)17(22)19-9-1-2-13(19)10-16(20)21/h3-8,13H,1-2,9-10H2,(H,20,21). The van der Waals surface area contributed by atoms with Gasteiger partial charge in [-0.25, -0.2) is 4.39 Å². The predicted octanol–water partition coefficient (Wildman–Crippen LogP) is 3.17. The largest absolute Gasteiger partial charge is 0.481 e. The zero-order valence-electron chi connectivity index (χ0n) is 12.4. The van der Waals surface area contributed by atoms with Crippen molar-refractivity contribution in [2.45, 2.75) is 25.3 Å². The maximum atomic E-state index is 12.9. The Morgan fingerprint density at radius 1 is 1.22 bits per heavy atom. The second-order valence-electron chi connectivity index (χ2n) is 5.56. The van der Waals surface area contributed by atoms with Gasteiger partial charge in [-0.1, -0.05) is 0 Å². The number of benzene rings is 1. The fourth-order valence-corrected chi connectivity index (χ4v) is 2.88. The van der Waals surface area contributed by atoms with E-state index in [1.165, 1.54) is 12.1 Å². The van der Waals surface area contributed by atoms with E-state index in [4.69, 9.17) is 9.52 Å². The Morgan fingerprint density at radius 3 is 2.65 bits per heavy atom. The molecule has 5 nitrogen and oxygen atoms in total. The first-order valence-corrected chi connectivity index (χ1v) is 7.43. The normalized spacial score (nSPS) is 17.4. The number of carbonyl (C=O) groups is 2. The molecule has 3 rings (SSSR count). The second-order valence-corrected chi connectivity index (χ2v) is 5.56. The monoisotopic (exact) mass is 317 g/mol. The topological polar surface area (TPSA) is 70.8 Å². The van der Waals surface area contributed by atoms with Gasteiger partial charge >= 0.3 is 5.97 Å². The van der Waals surface area contributed by atoms with Gasteiger partial charge in [-0.05, 0) is 49.2 Å². The first-order chi connectivity index (χ1) is 11.0. The second kappa shape index (κ2) is 6.24. The van der Waals surface area contributed by atoms with Gasteiger partial charge in [-0.15, -0.1) is 0 Å². The summed E-state index contributed by atoms with van der Waals surface area (Å²) in [5.74, 6) is -0.919. The summed E-state index contributed by atoms with van der Waals surface area (Å²) in [5, 5.41) is 8.93. The van der Waals surface area contributed by atoms with E-state index in [1.54, 1.807) is 29.2 Å². The van der Waals surface area contributed by atoms with Gasteiger partial charge in [0.1, 0.15) is 11.6 Å². The van der Waals surface area contributed by atoms with Crippen LogP contribution in [0.4, 0.5) is 4.39 Å². The first kappa shape index (κ1) is 15.3. The minimum absolute atomic E-state index is 0.0583. The van der Waals surface area contributed by atoms with E-state index >= 15 is 0 Å². The number of halogens is 1. The third-order valence-electron chi connectivity index (χ3n) is 3.99. The van der Waals surface area contributed by atoms with Gasteiger partial charge in [0.05, 0.1) is 6.42 Å². The number of hydrogen-bond acceptors (Lipinski definition) is 3. The van der Waals surface area contributed by atoms with Crippen LogP contribution in [0.2, 0.25) is 0 Å². The fourth-order valence-electron chi connectivity index (χ4n) is 2.88. The van der Waals surface area contributed by atoms with Crippen LogP contribution in [-0.4, -0.2) is 34.5 Å². The van der Waals surface area contributed by atoms with Crippen LogP contribution < -0.4 is 0 Å². The SMILES string of the molecule is O=C(O)CC1CCCN1C(=O)c1ccc(-c2ccc(F)cc2)o1. The van der Waals surface area contributed by atoms with Crippen molar-refractivity contribution in [2.75, 3.05) is 6.54 Å². The third kappa shape index (κ3) is 3.26. The number of amides is 1. The number of carboxylic acid groups (broad SMARTS) is 1. The molecule has 0 saturated carbocycles. The molecule has 23 heavy (non-hydrogen) atoms. The Bertz CT molecular complexity index is 722. The summed E-state index contributed by atoms with van der Waals surface area (Å²) in [5.41, 5.74) is 0.675. The van der Waals surface area contributed by atoms with E-state index in [0.29, 0.717) is 24.3 Å². The Labute approximate surface area is 132 Å². The van der Waals surface area contributed by atoms with Gasteiger partial charge in [0, 0.05) is 18.2 Å². The molecular weight excluding hydrogens is 301 g/mol. The smallest absolute Gasteiger partial charge is 0.305 e. The molecule has 1 aromatic carbocycles. The number of likely N-dealkylation sites (tertiary alicyclic amines) is 1. The van der Waals surface area contributed by atoms with Crippen LogP contribution in [0.15, 0.2) is 40.8 Å². The molecule has 0 radical (unpaired) electrons. The van der Waals surface area contributed by atoms with Gasteiger partial charge in [-0.2, -0.15) is 0 Å². The Balaban J connectivity index is 1.78. The lowest BCUT2D eigenvalue weighted by Crippen LogP contribution is -2.36. The summed E-state index contributed by atoms with van der Waals surface area (Å²) in [6.07, 6.45) is 1.41. The van der Waals surface area contributed by atoms with Crippen LogP contribution in [0.25, 0.3) is 11.3 Å². The minimum Gasteiger partial charge on any atom is -0.481 e. The van der Waals surface area contributed by atoms with Crippen molar-refractivity contribution in [3.63, 3.8) is 0 Å². The van der Waals surface area contributed by atoms with Crippen LogP contribution in [0.5, 0.6) is 0 Å². The lowest BCUT2D eigenvalue weighted by atomic mass is 10.1. The number of aliphatic carboxylic acids is 1. The Kier molecular flexibility index (Phi) is 4.14. The molecule has 2 heterocycles. The molecule has 2 aromatic rings. The quantitative estimate of drug-likeness (QED) is 0.940. The predicted molar refractivity (Wildman–Crippen MR) is 80.4 cm³/mol. The molecule has 0 spiro atoms. The number of hydrogen-bond donors (Lipinski definition) is 1. The van der Waals surface area contributed by atoms with Crippen molar-refractivity contribution in [1.29, 1.82) is 0 Å². The summed E-state index contributed by atoms with van der Waals surface area (Å²) >= 11 is 0. The van der Waals surface area contributed by atoms with Gasteiger partial charge < -0.3 is 14.4 Å². The molecule has 1 N–H and O–H groups in total. The Morgan fingerprint density at radius 2 is 1.96 bits per heavy atom. The highest BCUT2D eigenvalue weighted by Crippen LogP contribution is 2.26. The molecular formula is C17H16FNO4. The highest BCUT2D eigenvalue weighted by atomic mass is 19.1. The molecule has 1 amide bonds. The van der Waals surface area contributed by atoms with Crippen molar-refractivity contribution in [1.82, 2.24) is 4.90 Å². The number of nitrogens with zero attached hydrogens (tertiary/aromatic N) is 1. The maximum Gasteiger partial charge on any atom is 0.305 e. The van der Waals surface area contributed by atoms with Gasteiger partial charge in [0.2, 0.25) is 0 Å². The molecule has 1 aliphatic rings. The van der Waals surface area contributed by atoms with Crippen LogP contribution in [-0.2, 0) is 4.79 Å². The van der Waals surface area contributed by atoms with Crippen LogP contribution >= 0.6 is 0 Å². The van der Waals surface area contributed by atoms with Gasteiger partial charge in [0.15, 0.2) is 5.76 Å². The van der Waals surface area contributed by atoms with E-state index in [0.717, 1.165) is 6.42 Å². The number of rotatable bonds is 4. The van der Waals surface area contributed by atoms with E-state index < -0.39 is 5.97 Å². The van der Waals surface area contributed by atoms with E-state index in [-0.39, 0.29) is 29.9 Å². The lowest BCUT2D eigenvalue weighted by Gasteiger charge is -2.22. The van der Waals surface area contributed by atoms with Gasteiger partial charge in [-0.3, -0.25) is 9.59 Å². The summed E-state index contributed by atoms with van der Waals surface area (Å²) in [6, 6.07) is 8.72. The molecule has 1 unspecified atom stereocenters. The molecule has 6 heteroatoms. The van der Waals surface area contributed by atoms with Crippen molar-refractivity contribution in [2.24, 2.45) is 0 Å².